The molecule has 0 saturated carbocycles. The molecule has 0 aliphatic carbocycles. The number of hydrogen-bond donors (Lipinski definition) is 1. The van der Waals surface area contributed by atoms with Crippen LogP contribution in [0.25, 0.3) is 0 Å². The molecule has 2 aliphatic heterocycles. The number of thioether (sulfide) groups is 1. The van der Waals surface area contributed by atoms with Gasteiger partial charge < -0.3 is 5.32 Å². The third kappa shape index (κ3) is 3.17. The predicted molar refractivity (Wildman–Crippen MR) is 103 cm³/mol. The molecule has 2 unspecified atom stereocenters. The monoisotopic (exact) mass is 350 g/mol. The minimum Gasteiger partial charge on any atom is -0.325 e. The third-order valence-electron chi connectivity index (χ3n) is 4.23. The zero-order chi connectivity index (χ0) is 17.2. The smallest absolute Gasteiger partial charge is 0.237 e. The molecule has 0 bridgehead atoms. The highest BCUT2D eigenvalue weighted by atomic mass is 32.2. The lowest BCUT2D eigenvalue weighted by molar-refractivity contribution is -0.115. The number of carbonyl (C=O) groups excluding carboxylic acids is 1. The number of anilines is 1. The number of benzene rings is 2. The number of nitrogens with zero attached hydrogens (tertiary/aromatic N) is 3. The predicted octanol–water partition coefficient (Wildman–Crippen LogP) is 4.18. The number of nitrogens with one attached hydrogen (secondary N) is 1. The first-order valence-corrected chi connectivity index (χ1v) is 9.12. The van der Waals surface area contributed by atoms with Gasteiger partial charge in [0.25, 0.3) is 0 Å². The van der Waals surface area contributed by atoms with E-state index in [2.05, 4.69) is 16.5 Å². The van der Waals surface area contributed by atoms with E-state index in [1.165, 1.54) is 17.3 Å². The van der Waals surface area contributed by atoms with E-state index >= 15 is 0 Å². The Labute approximate surface area is 150 Å². The molecule has 0 spiro atoms. The molecule has 0 fully saturated rings. The summed E-state index contributed by atoms with van der Waals surface area (Å²) in [5.74, 6) is -0.0440. The molecule has 2 aromatic carbocycles. The molecule has 2 aromatic rings. The number of hydrogen-bond acceptors (Lipinski definition) is 5. The second-order valence-corrected chi connectivity index (χ2v) is 7.27. The Kier molecular flexibility index (Phi) is 4.28. The van der Waals surface area contributed by atoms with Crippen molar-refractivity contribution in [1.82, 2.24) is 5.01 Å². The highest BCUT2D eigenvalue weighted by Gasteiger charge is 2.34. The largest absolute Gasteiger partial charge is 0.325 e. The summed E-state index contributed by atoms with van der Waals surface area (Å²) in [4.78, 5) is 17.2. The fourth-order valence-corrected chi connectivity index (χ4v) is 3.86. The summed E-state index contributed by atoms with van der Waals surface area (Å²) in [5.41, 5.74) is 2.95. The van der Waals surface area contributed by atoms with E-state index in [0.29, 0.717) is 0 Å². The van der Waals surface area contributed by atoms with Crippen LogP contribution in [0.1, 0.15) is 24.9 Å². The Hall–Kier alpha value is -2.60. The summed E-state index contributed by atoms with van der Waals surface area (Å²) in [5, 5.41) is 9.82. The van der Waals surface area contributed by atoms with E-state index in [1.54, 1.807) is 0 Å². The normalized spacial score (nSPS) is 19.0. The second kappa shape index (κ2) is 6.72. The first kappa shape index (κ1) is 15.9. The van der Waals surface area contributed by atoms with Crippen molar-refractivity contribution in [3.8, 4) is 0 Å². The van der Waals surface area contributed by atoms with E-state index in [0.717, 1.165) is 23.0 Å². The van der Waals surface area contributed by atoms with Crippen LogP contribution in [0.4, 0.5) is 11.4 Å². The molecule has 2 heterocycles. The van der Waals surface area contributed by atoms with Crippen LogP contribution >= 0.6 is 11.8 Å². The van der Waals surface area contributed by atoms with Gasteiger partial charge in [0.05, 0.1) is 17.0 Å². The lowest BCUT2D eigenvalue weighted by Gasteiger charge is -2.30. The van der Waals surface area contributed by atoms with Crippen molar-refractivity contribution in [2.24, 2.45) is 10.1 Å². The van der Waals surface area contributed by atoms with Crippen molar-refractivity contribution < 1.29 is 4.79 Å². The van der Waals surface area contributed by atoms with Gasteiger partial charge in [0.2, 0.25) is 5.91 Å². The summed E-state index contributed by atoms with van der Waals surface area (Å²) in [6.07, 6.45) is 2.78. The SMILES string of the molecule is CC(SC1=Nc2ccccc2C2CC=NN12)C(=O)Nc1ccccc1. The third-order valence-corrected chi connectivity index (χ3v) is 5.29. The molecular formula is C19H18N4OS. The molecule has 0 saturated heterocycles. The highest BCUT2D eigenvalue weighted by Crippen LogP contribution is 2.41. The first-order chi connectivity index (χ1) is 12.2. The molecular weight excluding hydrogens is 332 g/mol. The molecule has 0 radical (unpaired) electrons. The molecule has 1 N–H and O–H groups in total. The zero-order valence-electron chi connectivity index (χ0n) is 13.8. The quantitative estimate of drug-likeness (QED) is 0.903. The average Bonchev–Trinajstić information content (AvgIpc) is 3.13. The van der Waals surface area contributed by atoms with Gasteiger partial charge in [-0.25, -0.2) is 10.0 Å². The molecule has 6 heteroatoms. The summed E-state index contributed by atoms with van der Waals surface area (Å²) in [7, 11) is 0. The molecule has 2 atom stereocenters. The molecule has 2 aliphatic rings. The van der Waals surface area contributed by atoms with Gasteiger partial charge >= 0.3 is 0 Å². The number of carbonyl (C=O) groups is 1. The van der Waals surface area contributed by atoms with Crippen LogP contribution < -0.4 is 5.32 Å². The van der Waals surface area contributed by atoms with E-state index in [9.17, 15) is 4.79 Å². The van der Waals surface area contributed by atoms with Crippen molar-refractivity contribution >= 4 is 40.4 Å². The van der Waals surface area contributed by atoms with Crippen molar-refractivity contribution in [2.45, 2.75) is 24.6 Å². The van der Waals surface area contributed by atoms with E-state index in [1.807, 2.05) is 66.7 Å². The molecule has 4 rings (SSSR count). The van der Waals surface area contributed by atoms with E-state index in [4.69, 9.17) is 4.99 Å². The number of fused-ring (bicyclic) bond motifs is 3. The molecule has 0 aromatic heterocycles. The average molecular weight is 350 g/mol. The van der Waals surface area contributed by atoms with Gasteiger partial charge in [0.1, 0.15) is 0 Å². The van der Waals surface area contributed by atoms with Crippen LogP contribution in [0.5, 0.6) is 0 Å². The van der Waals surface area contributed by atoms with Crippen molar-refractivity contribution in [3.63, 3.8) is 0 Å². The Bertz CT molecular complexity index is 850. The Balaban J connectivity index is 1.52. The van der Waals surface area contributed by atoms with Crippen molar-refractivity contribution in [1.29, 1.82) is 0 Å². The van der Waals surface area contributed by atoms with Gasteiger partial charge in [-0.3, -0.25) is 4.79 Å². The lowest BCUT2D eigenvalue weighted by atomic mass is 10.0. The summed E-state index contributed by atoms with van der Waals surface area (Å²) >= 11 is 1.44. The van der Waals surface area contributed by atoms with Crippen LogP contribution in [0.2, 0.25) is 0 Å². The molecule has 126 valence electrons. The number of hydrazone groups is 1. The minimum atomic E-state index is -0.277. The van der Waals surface area contributed by atoms with Crippen LogP contribution in [0.15, 0.2) is 64.7 Å². The van der Waals surface area contributed by atoms with Gasteiger partial charge in [-0.05, 0) is 25.1 Å². The minimum absolute atomic E-state index is 0.0440. The van der Waals surface area contributed by atoms with E-state index < -0.39 is 0 Å². The van der Waals surface area contributed by atoms with Gasteiger partial charge in [-0.15, -0.1) is 0 Å². The Morgan fingerprint density at radius 2 is 1.96 bits per heavy atom. The fourth-order valence-electron chi connectivity index (χ4n) is 2.94. The van der Waals surface area contributed by atoms with Gasteiger partial charge in [-0.1, -0.05) is 48.2 Å². The van der Waals surface area contributed by atoms with Crippen molar-refractivity contribution in [3.05, 3.63) is 60.2 Å². The van der Waals surface area contributed by atoms with Crippen LogP contribution in [0, 0.1) is 0 Å². The van der Waals surface area contributed by atoms with Gasteiger partial charge in [0, 0.05) is 23.9 Å². The number of aliphatic imine (C=N–C) groups is 1. The first-order valence-electron chi connectivity index (χ1n) is 8.24. The number of amidine groups is 1. The fraction of sp³-hybridized carbons (Fsp3) is 0.211. The van der Waals surface area contributed by atoms with Gasteiger partial charge in [0.15, 0.2) is 5.17 Å². The van der Waals surface area contributed by atoms with E-state index in [-0.39, 0.29) is 17.2 Å². The van der Waals surface area contributed by atoms with Crippen LogP contribution in [-0.2, 0) is 4.79 Å². The van der Waals surface area contributed by atoms with Crippen molar-refractivity contribution in [2.75, 3.05) is 5.32 Å². The lowest BCUT2D eigenvalue weighted by Crippen LogP contribution is -2.31. The Morgan fingerprint density at radius 1 is 1.20 bits per heavy atom. The Morgan fingerprint density at radius 3 is 2.80 bits per heavy atom. The standard InChI is InChI=1S/C19H18N4OS/c1-13(18(24)21-14-7-3-2-4-8-14)25-19-22-16-10-6-5-9-15(16)17-11-12-20-23(17)19/h2-10,12-13,17H,11H2,1H3,(H,21,24). The number of rotatable bonds is 3. The summed E-state index contributed by atoms with van der Waals surface area (Å²) in [6.45, 7) is 1.89. The molecule has 5 nitrogen and oxygen atoms in total. The topological polar surface area (TPSA) is 57.1 Å². The molecule has 1 amide bonds. The summed E-state index contributed by atoms with van der Waals surface area (Å²) in [6, 6.07) is 17.8. The van der Waals surface area contributed by atoms with Crippen LogP contribution in [0.3, 0.4) is 0 Å². The number of para-hydroxylation sites is 2. The summed E-state index contributed by atoms with van der Waals surface area (Å²) < 4.78 is 0. The maximum Gasteiger partial charge on any atom is 0.237 e. The maximum atomic E-state index is 12.5. The number of amides is 1. The highest BCUT2D eigenvalue weighted by molar-refractivity contribution is 8.14. The molecule has 25 heavy (non-hydrogen) atoms. The maximum absolute atomic E-state index is 12.5. The van der Waals surface area contributed by atoms with Crippen LogP contribution in [-0.4, -0.2) is 27.5 Å². The zero-order valence-corrected chi connectivity index (χ0v) is 14.6. The second-order valence-electron chi connectivity index (χ2n) is 5.96. The van der Waals surface area contributed by atoms with Gasteiger partial charge in [-0.2, -0.15) is 5.10 Å².